The zero-order valence-electron chi connectivity index (χ0n) is 17.2. The Kier molecular flexibility index (Phi) is 5.14. The van der Waals surface area contributed by atoms with Gasteiger partial charge in [-0.2, -0.15) is 0 Å². The van der Waals surface area contributed by atoms with Crippen molar-refractivity contribution < 1.29 is 14.8 Å². The van der Waals surface area contributed by atoms with Gasteiger partial charge in [0.15, 0.2) is 17.5 Å². The summed E-state index contributed by atoms with van der Waals surface area (Å²) in [6, 6.07) is 15.7. The first kappa shape index (κ1) is 18.6. The number of nitrogens with zero attached hydrogens (tertiary/aromatic N) is 1. The van der Waals surface area contributed by atoms with Gasteiger partial charge in [0.05, 0.1) is 24.6 Å². The molecule has 1 aliphatic heterocycles. The molecule has 2 N–H and O–H groups in total. The van der Waals surface area contributed by atoms with Crippen LogP contribution in [0.25, 0.3) is 5.69 Å². The maximum atomic E-state index is 5.88. The van der Waals surface area contributed by atoms with E-state index in [9.17, 15) is 0 Å². The SMILES string of the molecule is CCOc1cc2c(cc1OCC)-n1cccc1C(c1ccc(C)cc1C)[NH2+]C2. The summed E-state index contributed by atoms with van der Waals surface area (Å²) >= 11 is 0. The standard InChI is InChI=1S/C24H28N2O2/c1-5-27-22-13-18-15-25-24(19-10-9-16(3)12-17(19)4)20-8-7-11-26(20)21(18)14-23(22)28-6-2/h7-14,24-25H,5-6,15H2,1-4H3/p+1. The van der Waals surface area contributed by atoms with Gasteiger partial charge in [-0.15, -0.1) is 0 Å². The Bertz CT molecular complexity index is 990. The number of aryl methyl sites for hydroxylation is 2. The van der Waals surface area contributed by atoms with Gasteiger partial charge in [-0.25, -0.2) is 0 Å². The normalized spacial score (nSPS) is 15.5. The fourth-order valence-corrected chi connectivity index (χ4v) is 4.21. The molecule has 1 aromatic heterocycles. The van der Waals surface area contributed by atoms with E-state index >= 15 is 0 Å². The molecule has 0 saturated carbocycles. The van der Waals surface area contributed by atoms with Gasteiger partial charge in [-0.1, -0.05) is 23.8 Å². The minimum atomic E-state index is 0.258. The average Bonchev–Trinajstić information content (AvgIpc) is 3.09. The first-order valence-corrected chi connectivity index (χ1v) is 10.1. The Labute approximate surface area is 167 Å². The van der Waals surface area contributed by atoms with Crippen molar-refractivity contribution in [1.82, 2.24) is 4.57 Å². The van der Waals surface area contributed by atoms with Crippen LogP contribution in [0.15, 0.2) is 48.7 Å². The lowest BCUT2D eigenvalue weighted by molar-refractivity contribution is -0.702. The molecular formula is C24H29N2O2+. The number of rotatable bonds is 5. The molecule has 0 radical (unpaired) electrons. The maximum absolute atomic E-state index is 5.88. The molecule has 4 rings (SSSR count). The molecule has 4 heteroatoms. The van der Waals surface area contributed by atoms with Crippen molar-refractivity contribution in [2.75, 3.05) is 13.2 Å². The number of ether oxygens (including phenoxy) is 2. The van der Waals surface area contributed by atoms with E-state index in [-0.39, 0.29) is 6.04 Å². The van der Waals surface area contributed by atoms with Gasteiger partial charge >= 0.3 is 0 Å². The Morgan fingerprint density at radius 3 is 2.46 bits per heavy atom. The number of fused-ring (bicyclic) bond motifs is 3. The van der Waals surface area contributed by atoms with Crippen LogP contribution < -0.4 is 14.8 Å². The number of nitrogens with two attached hydrogens (primary N) is 1. The summed E-state index contributed by atoms with van der Waals surface area (Å²) in [7, 11) is 0. The van der Waals surface area contributed by atoms with Crippen molar-refractivity contribution in [1.29, 1.82) is 0 Å². The number of benzene rings is 2. The van der Waals surface area contributed by atoms with E-state index in [2.05, 4.69) is 72.4 Å². The Morgan fingerprint density at radius 1 is 1.00 bits per heavy atom. The fraction of sp³-hybridized carbons (Fsp3) is 0.333. The first-order chi connectivity index (χ1) is 13.6. The van der Waals surface area contributed by atoms with Gasteiger partial charge in [0.2, 0.25) is 0 Å². The van der Waals surface area contributed by atoms with E-state index < -0.39 is 0 Å². The van der Waals surface area contributed by atoms with Crippen LogP contribution in [0.2, 0.25) is 0 Å². The van der Waals surface area contributed by atoms with Crippen LogP contribution in [0, 0.1) is 13.8 Å². The molecule has 1 unspecified atom stereocenters. The quantitative estimate of drug-likeness (QED) is 0.728. The molecule has 0 spiro atoms. The predicted molar refractivity (Wildman–Crippen MR) is 111 cm³/mol. The molecule has 28 heavy (non-hydrogen) atoms. The summed E-state index contributed by atoms with van der Waals surface area (Å²) in [5.41, 5.74) is 7.74. The molecule has 3 aromatic rings. The minimum absolute atomic E-state index is 0.258. The highest BCUT2D eigenvalue weighted by Crippen LogP contribution is 2.36. The molecule has 1 aliphatic rings. The molecular weight excluding hydrogens is 348 g/mol. The molecule has 2 heterocycles. The van der Waals surface area contributed by atoms with Crippen molar-refractivity contribution in [3.63, 3.8) is 0 Å². The van der Waals surface area contributed by atoms with Crippen molar-refractivity contribution >= 4 is 0 Å². The number of hydrogen-bond donors (Lipinski definition) is 1. The summed E-state index contributed by atoms with van der Waals surface area (Å²) in [5.74, 6) is 1.64. The summed E-state index contributed by atoms with van der Waals surface area (Å²) in [6.07, 6.45) is 2.15. The van der Waals surface area contributed by atoms with Crippen LogP contribution in [0.1, 0.15) is 47.8 Å². The van der Waals surface area contributed by atoms with Crippen LogP contribution in [0.3, 0.4) is 0 Å². The molecule has 0 fully saturated rings. The van der Waals surface area contributed by atoms with Crippen molar-refractivity contribution in [2.45, 2.75) is 40.3 Å². The fourth-order valence-electron chi connectivity index (χ4n) is 4.21. The zero-order valence-corrected chi connectivity index (χ0v) is 17.2. The summed E-state index contributed by atoms with van der Waals surface area (Å²) in [4.78, 5) is 0. The lowest BCUT2D eigenvalue weighted by atomic mass is 9.97. The number of quaternary nitrogens is 1. The molecule has 0 aliphatic carbocycles. The van der Waals surface area contributed by atoms with Gasteiger partial charge in [0.25, 0.3) is 0 Å². The summed E-state index contributed by atoms with van der Waals surface area (Å²) < 4.78 is 14.1. The van der Waals surface area contributed by atoms with E-state index in [1.807, 2.05) is 13.8 Å². The van der Waals surface area contributed by atoms with E-state index in [4.69, 9.17) is 9.47 Å². The minimum Gasteiger partial charge on any atom is -0.490 e. The van der Waals surface area contributed by atoms with E-state index in [0.29, 0.717) is 13.2 Å². The van der Waals surface area contributed by atoms with Crippen molar-refractivity contribution in [3.05, 3.63) is 76.6 Å². The van der Waals surface area contributed by atoms with Crippen LogP contribution in [0.4, 0.5) is 0 Å². The van der Waals surface area contributed by atoms with Crippen LogP contribution >= 0.6 is 0 Å². The third-order valence-electron chi connectivity index (χ3n) is 5.44. The number of hydrogen-bond acceptors (Lipinski definition) is 2. The maximum Gasteiger partial charge on any atom is 0.163 e. The Hall–Kier alpha value is -2.72. The highest BCUT2D eigenvalue weighted by Gasteiger charge is 2.28. The average molecular weight is 378 g/mol. The van der Waals surface area contributed by atoms with Crippen LogP contribution in [-0.4, -0.2) is 17.8 Å². The zero-order chi connectivity index (χ0) is 19.7. The Balaban J connectivity index is 1.83. The molecule has 146 valence electrons. The second-order valence-electron chi connectivity index (χ2n) is 7.37. The van der Waals surface area contributed by atoms with Gasteiger partial charge in [-0.3, -0.25) is 0 Å². The van der Waals surface area contributed by atoms with Gasteiger partial charge < -0.3 is 19.4 Å². The number of aromatic nitrogens is 1. The van der Waals surface area contributed by atoms with Crippen LogP contribution in [-0.2, 0) is 6.54 Å². The second-order valence-corrected chi connectivity index (χ2v) is 7.37. The molecule has 0 bridgehead atoms. The second kappa shape index (κ2) is 7.72. The third-order valence-corrected chi connectivity index (χ3v) is 5.44. The predicted octanol–water partition coefficient (Wildman–Crippen LogP) is 4.06. The first-order valence-electron chi connectivity index (χ1n) is 10.1. The smallest absolute Gasteiger partial charge is 0.163 e. The molecule has 2 aromatic carbocycles. The lowest BCUT2D eigenvalue weighted by Gasteiger charge is -2.17. The molecule has 4 nitrogen and oxygen atoms in total. The Morgan fingerprint density at radius 2 is 1.75 bits per heavy atom. The van der Waals surface area contributed by atoms with E-state index in [1.165, 1.54) is 33.6 Å². The van der Waals surface area contributed by atoms with E-state index in [0.717, 1.165) is 18.0 Å². The lowest BCUT2D eigenvalue weighted by Crippen LogP contribution is -2.83. The molecule has 1 atom stereocenters. The van der Waals surface area contributed by atoms with Crippen molar-refractivity contribution in [3.8, 4) is 17.2 Å². The summed E-state index contributed by atoms with van der Waals surface area (Å²) in [5, 5.41) is 2.42. The van der Waals surface area contributed by atoms with E-state index in [1.54, 1.807) is 0 Å². The monoisotopic (exact) mass is 377 g/mol. The largest absolute Gasteiger partial charge is 0.490 e. The molecule has 0 amide bonds. The highest BCUT2D eigenvalue weighted by molar-refractivity contribution is 5.56. The van der Waals surface area contributed by atoms with Gasteiger partial charge in [0.1, 0.15) is 6.54 Å². The highest BCUT2D eigenvalue weighted by atomic mass is 16.5. The molecule has 0 saturated heterocycles. The van der Waals surface area contributed by atoms with Gasteiger partial charge in [-0.05, 0) is 51.5 Å². The van der Waals surface area contributed by atoms with Crippen LogP contribution in [0.5, 0.6) is 11.5 Å². The van der Waals surface area contributed by atoms with Gasteiger partial charge in [0, 0.05) is 23.4 Å². The topological polar surface area (TPSA) is 40.0 Å². The third kappa shape index (κ3) is 3.29. The van der Waals surface area contributed by atoms with Crippen molar-refractivity contribution in [2.24, 2.45) is 0 Å². The summed E-state index contributed by atoms with van der Waals surface area (Å²) in [6.45, 7) is 10.5.